The highest BCUT2D eigenvalue weighted by atomic mass is 16.6. The van der Waals surface area contributed by atoms with Crippen molar-refractivity contribution >= 4 is 40.8 Å². The molecule has 5 aromatic rings. The van der Waals surface area contributed by atoms with Crippen molar-refractivity contribution in [3.8, 4) is 11.5 Å². The van der Waals surface area contributed by atoms with Crippen LogP contribution in [0.4, 0.5) is 10.6 Å². The molecule has 1 aliphatic rings. The number of aliphatic carboxylic acids is 1. The fraction of sp³-hybridized carbons (Fsp3) is 0.310. The van der Waals surface area contributed by atoms with Crippen molar-refractivity contribution in [3.05, 3.63) is 121 Å². The third-order valence-electron chi connectivity index (χ3n) is 9.55. The molecule has 0 radical (unpaired) electrons. The van der Waals surface area contributed by atoms with Gasteiger partial charge in [0.2, 0.25) is 0 Å². The van der Waals surface area contributed by atoms with Crippen molar-refractivity contribution in [2.24, 2.45) is 0 Å². The van der Waals surface area contributed by atoms with E-state index in [0.29, 0.717) is 17.1 Å². The van der Waals surface area contributed by atoms with Crippen LogP contribution in [0.1, 0.15) is 55.0 Å². The number of methoxy groups -OCH3 is 2. The molecule has 0 saturated carbocycles. The first-order chi connectivity index (χ1) is 28.1. The monoisotopic (exact) mass is 793 g/mol. The van der Waals surface area contributed by atoms with Gasteiger partial charge in [0.15, 0.2) is 17.0 Å². The van der Waals surface area contributed by atoms with Gasteiger partial charge in [-0.2, -0.15) is 0 Å². The highest BCUT2D eigenvalue weighted by Crippen LogP contribution is 2.43. The lowest BCUT2D eigenvalue weighted by atomic mass is 9.80. The molecule has 1 aliphatic heterocycles. The number of aromatic nitrogens is 4. The van der Waals surface area contributed by atoms with E-state index in [0.717, 1.165) is 16.7 Å². The summed E-state index contributed by atoms with van der Waals surface area (Å²) in [6, 6.07) is 24.7. The first-order valence-electron chi connectivity index (χ1n) is 18.4. The zero-order valence-electron chi connectivity index (χ0n) is 31.9. The largest absolute Gasteiger partial charge is 0.497 e. The molecule has 3 aromatic carbocycles. The van der Waals surface area contributed by atoms with Crippen molar-refractivity contribution in [1.82, 2.24) is 19.5 Å². The summed E-state index contributed by atoms with van der Waals surface area (Å²) in [5.74, 6) is -0.716. The minimum absolute atomic E-state index is 0.00698. The number of anilines is 1. The van der Waals surface area contributed by atoms with Crippen LogP contribution >= 0.6 is 0 Å². The number of carboxylic acid groups (broad SMARTS) is 1. The number of fused-ring (bicyclic) bond motifs is 1. The summed E-state index contributed by atoms with van der Waals surface area (Å²) in [6.07, 6.45) is 0.0882. The topological polar surface area (TPSA) is 200 Å². The van der Waals surface area contributed by atoms with Gasteiger partial charge in [0, 0.05) is 19.3 Å². The highest BCUT2D eigenvalue weighted by molar-refractivity contribution is 5.93. The maximum atomic E-state index is 13.3. The van der Waals surface area contributed by atoms with Gasteiger partial charge >= 0.3 is 18.0 Å². The predicted octanol–water partition coefficient (Wildman–Crippen LogP) is 6.00. The van der Waals surface area contributed by atoms with Gasteiger partial charge in [-0.25, -0.2) is 19.7 Å². The average Bonchev–Trinajstić information content (AvgIpc) is 3.87. The van der Waals surface area contributed by atoms with Crippen LogP contribution in [-0.2, 0) is 38.9 Å². The van der Waals surface area contributed by atoms with E-state index in [2.05, 4.69) is 26.8 Å². The molecule has 1 saturated heterocycles. The van der Waals surface area contributed by atoms with Gasteiger partial charge in [0.05, 0.1) is 40.0 Å². The van der Waals surface area contributed by atoms with Gasteiger partial charge in [-0.05, 0) is 41.0 Å². The van der Waals surface area contributed by atoms with Crippen LogP contribution in [0.25, 0.3) is 11.2 Å². The predicted molar refractivity (Wildman–Crippen MR) is 208 cm³/mol. The van der Waals surface area contributed by atoms with Gasteiger partial charge in [-0.1, -0.05) is 67.3 Å². The van der Waals surface area contributed by atoms with Crippen LogP contribution in [0.3, 0.4) is 0 Å². The molecule has 2 N–H and O–H groups in total. The molecule has 1 amide bonds. The van der Waals surface area contributed by atoms with Crippen LogP contribution in [0.15, 0.2) is 104 Å². The summed E-state index contributed by atoms with van der Waals surface area (Å²) in [7, 11) is 3.18. The number of carbonyl (C=O) groups is 4. The molecule has 0 aliphatic carbocycles. The van der Waals surface area contributed by atoms with E-state index in [9.17, 15) is 19.2 Å². The first-order valence-corrected chi connectivity index (χ1v) is 18.4. The fourth-order valence-electron chi connectivity index (χ4n) is 6.69. The Kier molecular flexibility index (Phi) is 13.4. The quantitative estimate of drug-likeness (QED) is 0.0560. The summed E-state index contributed by atoms with van der Waals surface area (Å²) < 4.78 is 37.4. The average molecular weight is 794 g/mol. The molecular weight excluding hydrogens is 750 g/mol. The number of nitrogens with zero attached hydrogens (tertiary/aromatic N) is 4. The van der Waals surface area contributed by atoms with E-state index in [1.54, 1.807) is 18.8 Å². The standard InChI is InChI=1S/C42H43N5O11/c1-4-22-55-41(52)46-39-38-40(44-25-43-39)47(26-45-38)35-23-33(58-37(51)21-15-30(48)14-20-36(49)50)34(57-35)24-56-42(27-8-6-5-7-9-27,28-10-16-31(53-2)17-11-28)29-12-18-32(54-3)19-13-29/h4-13,16-19,25-26,33-35H,1,14-15,20-24H2,2-3H3,(H,49,50)(H,43,44,46,52)/t33-,34+,35+/m0/s1. The van der Waals surface area contributed by atoms with Gasteiger partial charge < -0.3 is 33.5 Å². The molecule has 16 nitrogen and oxygen atoms in total. The number of imidazole rings is 1. The van der Waals surface area contributed by atoms with Gasteiger partial charge in [0.25, 0.3) is 0 Å². The normalized spacial score (nSPS) is 16.3. The van der Waals surface area contributed by atoms with E-state index >= 15 is 0 Å². The summed E-state index contributed by atoms with van der Waals surface area (Å²) >= 11 is 0. The number of nitrogens with one attached hydrogen (secondary N) is 1. The lowest BCUT2D eigenvalue weighted by Crippen LogP contribution is -2.39. The second-order valence-electron chi connectivity index (χ2n) is 13.2. The SMILES string of the molecule is C=CCOC(=O)Nc1ncnc2c1ncn2[C@H]1C[C@H](OC(=O)CCC(=O)CCC(=O)O)[C@@H](COC(c2ccccc2)(c2ccc(OC)cc2)c2ccc(OC)cc2)O1. The Morgan fingerprint density at radius 2 is 1.52 bits per heavy atom. The van der Waals surface area contributed by atoms with Gasteiger partial charge in [0.1, 0.15) is 54.3 Å². The van der Waals surface area contributed by atoms with E-state index in [4.69, 9.17) is 33.5 Å². The highest BCUT2D eigenvalue weighted by Gasteiger charge is 2.44. The lowest BCUT2D eigenvalue weighted by Gasteiger charge is -2.37. The van der Waals surface area contributed by atoms with E-state index in [1.165, 1.54) is 18.7 Å². The molecule has 0 unspecified atom stereocenters. The van der Waals surface area contributed by atoms with Crippen molar-refractivity contribution in [3.63, 3.8) is 0 Å². The smallest absolute Gasteiger partial charge is 0.413 e. The zero-order valence-corrected chi connectivity index (χ0v) is 31.9. The van der Waals surface area contributed by atoms with E-state index < -0.39 is 42.1 Å². The summed E-state index contributed by atoms with van der Waals surface area (Å²) in [5.41, 5.74) is 1.72. The number of hydrogen-bond acceptors (Lipinski definition) is 13. The number of Topliss-reactive ketones (excluding diaryl/α,β-unsaturated/α-hetero) is 1. The van der Waals surface area contributed by atoms with Gasteiger partial charge in [-0.15, -0.1) is 0 Å². The summed E-state index contributed by atoms with van der Waals surface area (Å²) in [4.78, 5) is 61.9. The van der Waals surface area contributed by atoms with E-state index in [-0.39, 0.29) is 62.4 Å². The zero-order chi connectivity index (χ0) is 41.1. The molecule has 16 heteroatoms. The Balaban J connectivity index is 1.34. The second kappa shape index (κ2) is 19.0. The number of esters is 1. The lowest BCUT2D eigenvalue weighted by molar-refractivity contribution is -0.156. The van der Waals surface area contributed by atoms with Crippen molar-refractivity contribution in [2.75, 3.05) is 32.8 Å². The number of amides is 1. The van der Waals surface area contributed by atoms with Crippen LogP contribution in [0, 0.1) is 0 Å². The third-order valence-corrected chi connectivity index (χ3v) is 9.55. The molecule has 3 heterocycles. The minimum atomic E-state index is -1.22. The second-order valence-corrected chi connectivity index (χ2v) is 13.2. The Morgan fingerprint density at radius 3 is 2.14 bits per heavy atom. The van der Waals surface area contributed by atoms with Crippen molar-refractivity contribution in [1.29, 1.82) is 0 Å². The number of ether oxygens (including phenoxy) is 6. The number of benzene rings is 3. The van der Waals surface area contributed by atoms with Crippen molar-refractivity contribution < 1.29 is 52.7 Å². The van der Waals surface area contributed by atoms with Gasteiger partial charge in [-0.3, -0.25) is 24.3 Å². The van der Waals surface area contributed by atoms with Crippen LogP contribution in [0.2, 0.25) is 0 Å². The Bertz CT molecular complexity index is 2160. The van der Waals surface area contributed by atoms with Crippen LogP contribution in [0.5, 0.6) is 11.5 Å². The molecule has 0 spiro atoms. The summed E-state index contributed by atoms with van der Waals surface area (Å²) in [6.45, 7) is 3.44. The molecule has 0 bridgehead atoms. The molecule has 302 valence electrons. The number of ketones is 1. The minimum Gasteiger partial charge on any atom is -0.497 e. The molecule has 3 atom stereocenters. The molecule has 6 rings (SSSR count). The first kappa shape index (κ1) is 41.0. The third kappa shape index (κ3) is 9.47. The fourth-order valence-corrected chi connectivity index (χ4v) is 6.69. The number of carboxylic acids is 1. The van der Waals surface area contributed by atoms with Crippen LogP contribution < -0.4 is 14.8 Å². The van der Waals surface area contributed by atoms with Crippen molar-refractivity contribution in [2.45, 2.75) is 56.1 Å². The number of carbonyl (C=O) groups excluding carboxylic acids is 3. The molecule has 58 heavy (non-hydrogen) atoms. The molecule has 1 fully saturated rings. The maximum Gasteiger partial charge on any atom is 0.413 e. The Labute approximate surface area is 333 Å². The molecular formula is C42H43N5O11. The summed E-state index contributed by atoms with van der Waals surface area (Å²) in [5, 5.41) is 11.5. The van der Waals surface area contributed by atoms with Crippen LogP contribution in [-0.4, -0.2) is 88.1 Å². The number of rotatable bonds is 19. The number of hydrogen-bond donors (Lipinski definition) is 2. The van der Waals surface area contributed by atoms with E-state index in [1.807, 2.05) is 78.9 Å². The maximum absolute atomic E-state index is 13.3. The Hall–Kier alpha value is -6.65. The Morgan fingerprint density at radius 1 is 0.879 bits per heavy atom. The molecule has 2 aromatic heterocycles.